The Kier molecular flexibility index (Phi) is 4.68. The van der Waals surface area contributed by atoms with Crippen molar-refractivity contribution in [3.05, 3.63) is 22.7 Å². The number of nitrogens with two attached hydrogens (primary N) is 1. The van der Waals surface area contributed by atoms with Crippen LogP contribution >= 0.6 is 27.7 Å². The van der Waals surface area contributed by atoms with Gasteiger partial charge in [0.25, 0.3) is 0 Å². The normalized spacial score (nSPS) is 14.4. The van der Waals surface area contributed by atoms with Gasteiger partial charge in [0.15, 0.2) is 0 Å². The van der Waals surface area contributed by atoms with Gasteiger partial charge in [-0.2, -0.15) is 0 Å². The highest BCUT2D eigenvalue weighted by atomic mass is 79.9. The summed E-state index contributed by atoms with van der Waals surface area (Å²) >= 11 is 4.82. The van der Waals surface area contributed by atoms with Gasteiger partial charge in [0.2, 0.25) is 0 Å². The van der Waals surface area contributed by atoms with Crippen molar-refractivity contribution in [3.63, 3.8) is 0 Å². The molecule has 16 heavy (non-hydrogen) atoms. The van der Waals surface area contributed by atoms with Crippen molar-refractivity contribution >= 4 is 39.3 Å². The molecule has 0 radical (unpaired) electrons. The zero-order valence-electron chi connectivity index (χ0n) is 9.11. The molecule has 88 valence electrons. The molecule has 0 heterocycles. The van der Waals surface area contributed by atoms with E-state index in [0.29, 0.717) is 5.69 Å². The topological polar surface area (TPSA) is 63.3 Å². The van der Waals surface area contributed by atoms with Gasteiger partial charge in [-0.05, 0) is 18.2 Å². The molecule has 0 fully saturated rings. The van der Waals surface area contributed by atoms with Gasteiger partial charge in [-0.15, -0.1) is 11.8 Å². The van der Waals surface area contributed by atoms with Crippen LogP contribution in [0.25, 0.3) is 0 Å². The number of nitrogen functional groups attached to an aromatic ring is 1. The Bertz CT molecular complexity index is 398. The minimum Gasteiger partial charge on any atom is -0.481 e. The first kappa shape index (κ1) is 13.4. The number of carbonyl (C=O) groups is 1. The molecule has 1 aromatic carbocycles. The van der Waals surface area contributed by atoms with Crippen LogP contribution in [0.1, 0.15) is 13.8 Å². The predicted octanol–water partition coefficient (Wildman–Crippen LogP) is 3.23. The lowest BCUT2D eigenvalue weighted by molar-refractivity contribution is -0.140. The van der Waals surface area contributed by atoms with E-state index in [1.165, 1.54) is 11.8 Å². The number of carboxylic acids is 1. The number of thioether (sulfide) groups is 1. The molecule has 0 aliphatic rings. The third-order valence-corrected chi connectivity index (χ3v) is 4.28. The molecule has 5 heteroatoms. The highest BCUT2D eigenvalue weighted by Crippen LogP contribution is 2.33. The van der Waals surface area contributed by atoms with E-state index in [2.05, 4.69) is 15.9 Å². The fourth-order valence-corrected chi connectivity index (χ4v) is 2.57. The summed E-state index contributed by atoms with van der Waals surface area (Å²) in [6.07, 6.45) is 0. The van der Waals surface area contributed by atoms with Crippen molar-refractivity contribution in [1.82, 2.24) is 0 Å². The maximum Gasteiger partial charge on any atom is 0.307 e. The Labute approximate surface area is 108 Å². The highest BCUT2D eigenvalue weighted by Gasteiger charge is 2.20. The largest absolute Gasteiger partial charge is 0.481 e. The zero-order chi connectivity index (χ0) is 12.3. The Morgan fingerprint density at radius 2 is 2.12 bits per heavy atom. The van der Waals surface area contributed by atoms with Crippen LogP contribution in [0, 0.1) is 5.92 Å². The molecule has 0 aromatic heterocycles. The SMILES string of the molecule is CC(Sc1ccc(Br)cc1N)C(C)C(=O)O. The number of halogens is 1. The second-order valence-corrected chi connectivity index (χ2v) is 5.97. The summed E-state index contributed by atoms with van der Waals surface area (Å²) in [5, 5.41) is 8.88. The maximum absolute atomic E-state index is 10.8. The molecule has 0 saturated carbocycles. The molecule has 0 aliphatic carbocycles. The fourth-order valence-electron chi connectivity index (χ4n) is 1.13. The molecular weight excluding hydrogens is 290 g/mol. The summed E-state index contributed by atoms with van der Waals surface area (Å²) < 4.78 is 0.924. The Morgan fingerprint density at radius 1 is 1.50 bits per heavy atom. The molecular formula is C11H14BrNO2S. The van der Waals surface area contributed by atoms with Crippen molar-refractivity contribution in [1.29, 1.82) is 0 Å². The number of hydrogen-bond donors (Lipinski definition) is 2. The van der Waals surface area contributed by atoms with E-state index >= 15 is 0 Å². The summed E-state index contributed by atoms with van der Waals surface area (Å²) in [5.41, 5.74) is 6.52. The number of anilines is 1. The monoisotopic (exact) mass is 303 g/mol. The summed E-state index contributed by atoms with van der Waals surface area (Å²) in [7, 11) is 0. The lowest BCUT2D eigenvalue weighted by Crippen LogP contribution is -2.20. The highest BCUT2D eigenvalue weighted by molar-refractivity contribution is 9.10. The van der Waals surface area contributed by atoms with Crippen molar-refractivity contribution < 1.29 is 9.90 Å². The van der Waals surface area contributed by atoms with E-state index in [-0.39, 0.29) is 5.25 Å². The van der Waals surface area contributed by atoms with E-state index in [1.807, 2.05) is 25.1 Å². The van der Waals surface area contributed by atoms with E-state index in [4.69, 9.17) is 10.8 Å². The Balaban J connectivity index is 2.77. The van der Waals surface area contributed by atoms with Crippen LogP contribution in [0.5, 0.6) is 0 Å². The first-order valence-corrected chi connectivity index (χ1v) is 6.53. The number of hydrogen-bond acceptors (Lipinski definition) is 3. The second-order valence-electron chi connectivity index (χ2n) is 3.63. The number of rotatable bonds is 4. The van der Waals surface area contributed by atoms with Gasteiger partial charge < -0.3 is 10.8 Å². The molecule has 3 nitrogen and oxygen atoms in total. The summed E-state index contributed by atoms with van der Waals surface area (Å²) in [5.74, 6) is -1.18. The molecule has 2 unspecified atom stereocenters. The molecule has 0 spiro atoms. The number of carboxylic acid groups (broad SMARTS) is 1. The number of aliphatic carboxylic acids is 1. The van der Waals surface area contributed by atoms with Crippen LogP contribution in [-0.2, 0) is 4.79 Å². The quantitative estimate of drug-likeness (QED) is 0.662. The van der Waals surface area contributed by atoms with Gasteiger partial charge >= 0.3 is 5.97 Å². The van der Waals surface area contributed by atoms with E-state index in [0.717, 1.165) is 9.37 Å². The van der Waals surface area contributed by atoms with Gasteiger partial charge in [-0.25, -0.2) is 0 Å². The van der Waals surface area contributed by atoms with Crippen molar-refractivity contribution in [2.75, 3.05) is 5.73 Å². The van der Waals surface area contributed by atoms with E-state index in [9.17, 15) is 4.79 Å². The summed E-state index contributed by atoms with van der Waals surface area (Å²) in [6.45, 7) is 3.60. The van der Waals surface area contributed by atoms with Gasteiger partial charge in [0, 0.05) is 20.3 Å². The average Bonchev–Trinajstić information content (AvgIpc) is 2.20. The predicted molar refractivity (Wildman–Crippen MR) is 70.7 cm³/mol. The molecule has 2 atom stereocenters. The molecule has 0 saturated heterocycles. The van der Waals surface area contributed by atoms with Gasteiger partial charge in [-0.1, -0.05) is 29.8 Å². The second kappa shape index (κ2) is 5.59. The van der Waals surface area contributed by atoms with Crippen molar-refractivity contribution in [2.24, 2.45) is 5.92 Å². The first-order chi connectivity index (χ1) is 7.41. The van der Waals surface area contributed by atoms with Crippen molar-refractivity contribution in [3.8, 4) is 0 Å². The molecule has 0 bridgehead atoms. The Morgan fingerprint density at radius 3 is 2.62 bits per heavy atom. The maximum atomic E-state index is 10.8. The van der Waals surface area contributed by atoms with Crippen LogP contribution < -0.4 is 5.73 Å². The Hall–Kier alpha value is -0.680. The third kappa shape index (κ3) is 3.42. The van der Waals surface area contributed by atoms with Crippen molar-refractivity contribution in [2.45, 2.75) is 24.0 Å². The average molecular weight is 304 g/mol. The van der Waals surface area contributed by atoms with Crippen LogP contribution in [0.4, 0.5) is 5.69 Å². The summed E-state index contributed by atoms with van der Waals surface area (Å²) in [6, 6.07) is 5.62. The molecule has 1 aromatic rings. The van der Waals surface area contributed by atoms with Crippen LogP contribution in [0.15, 0.2) is 27.6 Å². The molecule has 1 rings (SSSR count). The van der Waals surface area contributed by atoms with Crippen LogP contribution in [0.2, 0.25) is 0 Å². The lowest BCUT2D eigenvalue weighted by Gasteiger charge is -2.16. The minimum atomic E-state index is -0.782. The van der Waals surface area contributed by atoms with Gasteiger partial charge in [0.1, 0.15) is 0 Å². The van der Waals surface area contributed by atoms with Gasteiger partial charge in [-0.3, -0.25) is 4.79 Å². The lowest BCUT2D eigenvalue weighted by atomic mass is 10.1. The standard InChI is InChI=1S/C11H14BrNO2S/c1-6(11(14)15)7(2)16-10-4-3-8(12)5-9(10)13/h3-7H,13H2,1-2H3,(H,14,15). The third-order valence-electron chi connectivity index (χ3n) is 2.38. The molecule has 3 N–H and O–H groups in total. The molecule has 0 aliphatic heterocycles. The fraction of sp³-hybridized carbons (Fsp3) is 0.364. The number of benzene rings is 1. The smallest absolute Gasteiger partial charge is 0.307 e. The first-order valence-electron chi connectivity index (χ1n) is 4.86. The van der Waals surface area contributed by atoms with E-state index < -0.39 is 11.9 Å². The van der Waals surface area contributed by atoms with Crippen LogP contribution in [0.3, 0.4) is 0 Å². The zero-order valence-corrected chi connectivity index (χ0v) is 11.5. The minimum absolute atomic E-state index is 0.0130. The summed E-state index contributed by atoms with van der Waals surface area (Å²) in [4.78, 5) is 11.7. The molecule has 0 amide bonds. The van der Waals surface area contributed by atoms with Crippen LogP contribution in [-0.4, -0.2) is 16.3 Å². The van der Waals surface area contributed by atoms with E-state index in [1.54, 1.807) is 6.92 Å². The van der Waals surface area contributed by atoms with Gasteiger partial charge in [0.05, 0.1) is 5.92 Å².